The maximum atomic E-state index is 11.8. The summed E-state index contributed by atoms with van der Waals surface area (Å²) in [5.41, 5.74) is 1.08. The van der Waals surface area contributed by atoms with E-state index in [9.17, 15) is 9.90 Å². The highest BCUT2D eigenvalue weighted by molar-refractivity contribution is 5.80. The Labute approximate surface area is 109 Å². The van der Waals surface area contributed by atoms with E-state index in [2.05, 4.69) is 12.2 Å². The molecule has 0 bridgehead atoms. The zero-order valence-electron chi connectivity index (χ0n) is 11.5. The second-order valence-corrected chi connectivity index (χ2v) is 4.67. The lowest BCUT2D eigenvalue weighted by molar-refractivity contribution is -0.130. The predicted octanol–water partition coefficient (Wildman–Crippen LogP) is 1.91. The standard InChI is InChI=1S/C14H22N2O2/c1-5-13(11-6-8-12(17)9-7-11)15-10(2)14(18)16(3)4/h6-10,13,15,17H,5H2,1-4H3. The monoisotopic (exact) mass is 250 g/mol. The summed E-state index contributed by atoms with van der Waals surface area (Å²) in [6.07, 6.45) is 0.885. The molecule has 2 N–H and O–H groups in total. The van der Waals surface area contributed by atoms with E-state index in [1.54, 1.807) is 31.1 Å². The number of rotatable bonds is 5. The lowest BCUT2D eigenvalue weighted by atomic mass is 10.0. The minimum absolute atomic E-state index is 0.0622. The molecule has 100 valence electrons. The molecule has 1 aromatic rings. The molecule has 2 atom stereocenters. The largest absolute Gasteiger partial charge is 0.508 e. The van der Waals surface area contributed by atoms with Crippen molar-refractivity contribution in [1.29, 1.82) is 0 Å². The summed E-state index contributed by atoms with van der Waals surface area (Å²) in [6, 6.07) is 6.98. The first kappa shape index (κ1) is 14.5. The predicted molar refractivity (Wildman–Crippen MR) is 72.4 cm³/mol. The molecule has 0 saturated carbocycles. The quantitative estimate of drug-likeness (QED) is 0.839. The van der Waals surface area contributed by atoms with Gasteiger partial charge in [-0.1, -0.05) is 19.1 Å². The lowest BCUT2D eigenvalue weighted by Gasteiger charge is -2.24. The topological polar surface area (TPSA) is 52.6 Å². The molecule has 0 spiro atoms. The summed E-state index contributed by atoms with van der Waals surface area (Å²) in [5, 5.41) is 12.6. The summed E-state index contributed by atoms with van der Waals surface area (Å²) < 4.78 is 0. The molecule has 1 rings (SSSR count). The second-order valence-electron chi connectivity index (χ2n) is 4.67. The van der Waals surface area contributed by atoms with Crippen molar-refractivity contribution in [2.75, 3.05) is 14.1 Å². The van der Waals surface area contributed by atoms with E-state index in [0.717, 1.165) is 12.0 Å². The third-order valence-corrected chi connectivity index (χ3v) is 2.97. The van der Waals surface area contributed by atoms with Gasteiger partial charge in [0.2, 0.25) is 5.91 Å². The number of phenols is 1. The fraction of sp³-hybridized carbons (Fsp3) is 0.500. The number of phenolic OH excluding ortho intramolecular Hbond substituents is 1. The Balaban J connectivity index is 2.73. The number of hydrogen-bond acceptors (Lipinski definition) is 3. The zero-order valence-corrected chi connectivity index (χ0v) is 11.5. The summed E-state index contributed by atoms with van der Waals surface area (Å²) in [7, 11) is 3.50. The fourth-order valence-electron chi connectivity index (χ4n) is 1.92. The number of carbonyl (C=O) groups is 1. The van der Waals surface area contributed by atoms with Gasteiger partial charge in [0.15, 0.2) is 0 Å². The number of nitrogens with zero attached hydrogens (tertiary/aromatic N) is 1. The number of carbonyl (C=O) groups excluding carboxylic acids is 1. The van der Waals surface area contributed by atoms with Gasteiger partial charge in [0.25, 0.3) is 0 Å². The van der Waals surface area contributed by atoms with Gasteiger partial charge >= 0.3 is 0 Å². The molecule has 0 radical (unpaired) electrons. The molecule has 0 saturated heterocycles. The van der Waals surface area contributed by atoms with Crippen molar-refractivity contribution >= 4 is 5.91 Å². The van der Waals surface area contributed by atoms with E-state index in [1.165, 1.54) is 0 Å². The normalized spacial score (nSPS) is 14.0. The van der Waals surface area contributed by atoms with Gasteiger partial charge in [0, 0.05) is 20.1 Å². The molecule has 1 amide bonds. The van der Waals surface area contributed by atoms with Crippen molar-refractivity contribution in [1.82, 2.24) is 10.2 Å². The molecule has 4 nitrogen and oxygen atoms in total. The third kappa shape index (κ3) is 3.74. The maximum Gasteiger partial charge on any atom is 0.238 e. The molecule has 2 unspecified atom stereocenters. The minimum atomic E-state index is -0.223. The van der Waals surface area contributed by atoms with E-state index in [0.29, 0.717) is 0 Å². The number of nitrogens with one attached hydrogen (secondary N) is 1. The van der Waals surface area contributed by atoms with Crippen molar-refractivity contribution in [3.05, 3.63) is 29.8 Å². The average Bonchev–Trinajstić information content (AvgIpc) is 2.35. The molecule has 18 heavy (non-hydrogen) atoms. The first-order valence-electron chi connectivity index (χ1n) is 6.21. The minimum Gasteiger partial charge on any atom is -0.508 e. The molecule has 0 aliphatic rings. The van der Waals surface area contributed by atoms with E-state index in [4.69, 9.17) is 0 Å². The summed E-state index contributed by atoms with van der Waals surface area (Å²) >= 11 is 0. The number of amides is 1. The van der Waals surface area contributed by atoms with Gasteiger partial charge in [-0.2, -0.15) is 0 Å². The molecule has 0 fully saturated rings. The van der Waals surface area contributed by atoms with E-state index >= 15 is 0 Å². The number of hydrogen-bond donors (Lipinski definition) is 2. The van der Waals surface area contributed by atoms with Gasteiger partial charge in [-0.05, 0) is 31.0 Å². The lowest BCUT2D eigenvalue weighted by Crippen LogP contribution is -2.42. The Kier molecular flexibility index (Phi) is 5.16. The molecule has 1 aromatic carbocycles. The summed E-state index contributed by atoms with van der Waals surface area (Å²) in [5.74, 6) is 0.318. The van der Waals surface area contributed by atoms with Crippen molar-refractivity contribution in [3.63, 3.8) is 0 Å². The van der Waals surface area contributed by atoms with E-state index in [-0.39, 0.29) is 23.7 Å². The average molecular weight is 250 g/mol. The van der Waals surface area contributed by atoms with Gasteiger partial charge in [-0.15, -0.1) is 0 Å². The summed E-state index contributed by atoms with van der Waals surface area (Å²) in [6.45, 7) is 3.93. The first-order chi connectivity index (χ1) is 8.45. The van der Waals surface area contributed by atoms with Crippen molar-refractivity contribution in [3.8, 4) is 5.75 Å². The SMILES string of the molecule is CCC(NC(C)C(=O)N(C)C)c1ccc(O)cc1. The Morgan fingerprint density at radius 3 is 2.33 bits per heavy atom. The molecular weight excluding hydrogens is 228 g/mol. The van der Waals surface area contributed by atoms with Crippen molar-refractivity contribution in [2.24, 2.45) is 0 Å². The van der Waals surface area contributed by atoms with Gasteiger partial charge in [0.1, 0.15) is 5.75 Å². The smallest absolute Gasteiger partial charge is 0.238 e. The van der Waals surface area contributed by atoms with Crippen LogP contribution in [0, 0.1) is 0 Å². The highest BCUT2D eigenvalue weighted by atomic mass is 16.3. The molecule has 0 heterocycles. The molecular formula is C14H22N2O2. The fourth-order valence-corrected chi connectivity index (χ4v) is 1.92. The third-order valence-electron chi connectivity index (χ3n) is 2.97. The Hall–Kier alpha value is -1.55. The van der Waals surface area contributed by atoms with Gasteiger partial charge in [0.05, 0.1) is 6.04 Å². The molecule has 0 aromatic heterocycles. The van der Waals surface area contributed by atoms with Crippen LogP contribution >= 0.6 is 0 Å². The van der Waals surface area contributed by atoms with Crippen molar-refractivity contribution in [2.45, 2.75) is 32.4 Å². The highest BCUT2D eigenvalue weighted by Crippen LogP contribution is 2.20. The second kappa shape index (κ2) is 6.40. The number of aromatic hydroxyl groups is 1. The Bertz CT molecular complexity index is 387. The Morgan fingerprint density at radius 2 is 1.89 bits per heavy atom. The molecule has 0 aliphatic carbocycles. The van der Waals surface area contributed by atoms with Crippen LogP contribution < -0.4 is 5.32 Å². The van der Waals surface area contributed by atoms with Crippen LogP contribution in [0.3, 0.4) is 0 Å². The first-order valence-corrected chi connectivity index (χ1v) is 6.21. The number of benzene rings is 1. The van der Waals surface area contributed by atoms with Crippen molar-refractivity contribution < 1.29 is 9.90 Å². The maximum absolute atomic E-state index is 11.8. The van der Waals surface area contributed by atoms with Gasteiger partial charge in [-0.25, -0.2) is 0 Å². The van der Waals surface area contributed by atoms with Crippen LogP contribution in [0.4, 0.5) is 0 Å². The van der Waals surface area contributed by atoms with E-state index < -0.39 is 0 Å². The number of likely N-dealkylation sites (N-methyl/N-ethyl adjacent to an activating group) is 1. The van der Waals surface area contributed by atoms with Crippen LogP contribution in [0.15, 0.2) is 24.3 Å². The summed E-state index contributed by atoms with van der Waals surface area (Å²) in [4.78, 5) is 13.4. The highest BCUT2D eigenvalue weighted by Gasteiger charge is 2.19. The Morgan fingerprint density at radius 1 is 1.33 bits per heavy atom. The van der Waals surface area contributed by atoms with Crippen LogP contribution in [0.1, 0.15) is 31.9 Å². The van der Waals surface area contributed by atoms with Crippen LogP contribution in [0.2, 0.25) is 0 Å². The molecule has 4 heteroatoms. The zero-order chi connectivity index (χ0) is 13.7. The van der Waals surface area contributed by atoms with Crippen LogP contribution in [-0.4, -0.2) is 36.1 Å². The van der Waals surface area contributed by atoms with E-state index in [1.807, 2.05) is 19.1 Å². The van der Waals surface area contributed by atoms with Gasteiger partial charge < -0.3 is 10.0 Å². The van der Waals surface area contributed by atoms with Gasteiger partial charge in [-0.3, -0.25) is 10.1 Å². The van der Waals surface area contributed by atoms with Crippen LogP contribution in [0.25, 0.3) is 0 Å². The molecule has 0 aliphatic heterocycles. The van der Waals surface area contributed by atoms with Crippen LogP contribution in [0.5, 0.6) is 5.75 Å². The van der Waals surface area contributed by atoms with Crippen LogP contribution in [-0.2, 0) is 4.79 Å².